The van der Waals surface area contributed by atoms with Crippen LogP contribution in [0.1, 0.15) is 19.7 Å². The minimum Gasteiger partial charge on any atom is -0.332 e. The van der Waals surface area contributed by atoms with E-state index in [9.17, 15) is 12.8 Å². The Kier molecular flexibility index (Phi) is 4.08. The van der Waals surface area contributed by atoms with E-state index in [0.717, 1.165) is 4.31 Å². The van der Waals surface area contributed by atoms with E-state index in [1.165, 1.54) is 24.4 Å². The van der Waals surface area contributed by atoms with Crippen molar-refractivity contribution in [3.8, 4) is 0 Å². The first-order valence-electron chi connectivity index (χ1n) is 6.31. The molecule has 0 radical (unpaired) electrons. The second-order valence-corrected chi connectivity index (χ2v) is 6.00. The third-order valence-corrected chi connectivity index (χ3v) is 4.71. The van der Waals surface area contributed by atoms with Gasteiger partial charge in [0.05, 0.1) is 11.9 Å². The Bertz CT molecular complexity index is 697. The molecule has 0 aliphatic heterocycles. The van der Waals surface area contributed by atoms with Crippen molar-refractivity contribution < 1.29 is 12.8 Å². The van der Waals surface area contributed by atoms with Crippen LogP contribution < -0.4 is 4.31 Å². The van der Waals surface area contributed by atoms with E-state index in [0.29, 0.717) is 12.2 Å². The van der Waals surface area contributed by atoms with Crippen molar-refractivity contribution in [3.63, 3.8) is 0 Å². The van der Waals surface area contributed by atoms with Crippen LogP contribution in [-0.4, -0.2) is 24.9 Å². The number of rotatable bonds is 5. The molecular weight excluding hydrogens is 281 g/mol. The van der Waals surface area contributed by atoms with E-state index in [1.807, 2.05) is 6.92 Å². The number of imidazole rings is 1. The van der Waals surface area contributed by atoms with E-state index >= 15 is 0 Å². The van der Waals surface area contributed by atoms with E-state index in [1.54, 1.807) is 13.0 Å². The number of hydrogen-bond donors (Lipinski definition) is 1. The molecule has 1 heterocycles. The Hall–Kier alpha value is -1.89. The van der Waals surface area contributed by atoms with Crippen molar-refractivity contribution in [1.29, 1.82) is 0 Å². The number of halogens is 1. The maximum Gasteiger partial charge on any atom is 0.281 e. The molecule has 5 nitrogen and oxygen atoms in total. The molecule has 1 N–H and O–H groups in total. The molecule has 1 aromatic heterocycles. The number of benzene rings is 1. The molecule has 0 aliphatic rings. The molecule has 0 spiro atoms. The molecule has 0 unspecified atom stereocenters. The molecule has 2 aromatic rings. The van der Waals surface area contributed by atoms with Gasteiger partial charge in [-0.15, -0.1) is 0 Å². The molecule has 0 atom stereocenters. The van der Waals surface area contributed by atoms with Crippen molar-refractivity contribution in [2.24, 2.45) is 0 Å². The van der Waals surface area contributed by atoms with Gasteiger partial charge in [0.25, 0.3) is 10.0 Å². The van der Waals surface area contributed by atoms with Crippen LogP contribution in [0.5, 0.6) is 0 Å². The summed E-state index contributed by atoms with van der Waals surface area (Å²) in [7, 11) is -3.84. The Labute approximate surface area is 117 Å². The van der Waals surface area contributed by atoms with Gasteiger partial charge in [-0.3, -0.25) is 4.31 Å². The summed E-state index contributed by atoms with van der Waals surface area (Å²) in [6.07, 6.45) is 1.86. The van der Waals surface area contributed by atoms with Crippen molar-refractivity contribution >= 4 is 15.7 Å². The van der Waals surface area contributed by atoms with Gasteiger partial charge in [-0.05, 0) is 19.1 Å². The van der Waals surface area contributed by atoms with Crippen LogP contribution in [0.25, 0.3) is 0 Å². The zero-order valence-electron chi connectivity index (χ0n) is 11.3. The van der Waals surface area contributed by atoms with Gasteiger partial charge >= 0.3 is 0 Å². The third-order valence-electron chi connectivity index (χ3n) is 2.92. The fourth-order valence-electron chi connectivity index (χ4n) is 1.90. The largest absolute Gasteiger partial charge is 0.332 e. The van der Waals surface area contributed by atoms with Gasteiger partial charge in [0.15, 0.2) is 5.03 Å². The maximum atomic E-state index is 13.8. The van der Waals surface area contributed by atoms with Crippen LogP contribution in [0, 0.1) is 5.82 Å². The Morgan fingerprint density at radius 3 is 2.55 bits per heavy atom. The summed E-state index contributed by atoms with van der Waals surface area (Å²) in [6, 6.07) is 5.79. The lowest BCUT2D eigenvalue weighted by molar-refractivity contribution is 0.583. The molecule has 2 rings (SSSR count). The lowest BCUT2D eigenvalue weighted by Gasteiger charge is -2.22. The predicted octanol–water partition coefficient (Wildman–Crippen LogP) is 2.33. The topological polar surface area (TPSA) is 66.1 Å². The van der Waals surface area contributed by atoms with Crippen LogP contribution in [0.2, 0.25) is 0 Å². The standard InChI is InChI=1S/C13H16FN3O2S/c1-3-12-15-9-13(16-12)20(18,19)17(4-2)11-8-6-5-7-10(11)14/h5-9H,3-4H2,1-2H3,(H,15,16). The minimum atomic E-state index is -3.84. The van der Waals surface area contributed by atoms with Crippen molar-refractivity contribution in [1.82, 2.24) is 9.97 Å². The predicted molar refractivity (Wildman–Crippen MR) is 74.6 cm³/mol. The number of sulfonamides is 1. The van der Waals surface area contributed by atoms with Gasteiger partial charge in [0.2, 0.25) is 0 Å². The Morgan fingerprint density at radius 1 is 1.30 bits per heavy atom. The van der Waals surface area contributed by atoms with Gasteiger partial charge in [0, 0.05) is 13.0 Å². The first kappa shape index (κ1) is 14.5. The van der Waals surface area contributed by atoms with Crippen molar-refractivity contribution in [2.45, 2.75) is 25.3 Å². The number of H-pyrrole nitrogens is 1. The highest BCUT2D eigenvalue weighted by Crippen LogP contribution is 2.25. The van der Waals surface area contributed by atoms with Crippen LogP contribution >= 0.6 is 0 Å². The SMILES string of the molecule is CCc1ncc(S(=O)(=O)N(CC)c2ccccc2F)[nH]1. The quantitative estimate of drug-likeness (QED) is 0.921. The van der Waals surface area contributed by atoms with E-state index < -0.39 is 15.8 Å². The molecule has 0 aliphatic carbocycles. The number of nitrogens with zero attached hydrogens (tertiary/aromatic N) is 2. The second kappa shape index (κ2) is 5.62. The van der Waals surface area contributed by atoms with E-state index in [2.05, 4.69) is 9.97 Å². The first-order chi connectivity index (χ1) is 9.50. The zero-order chi connectivity index (χ0) is 14.8. The first-order valence-corrected chi connectivity index (χ1v) is 7.75. The average Bonchev–Trinajstić information content (AvgIpc) is 2.91. The maximum absolute atomic E-state index is 13.8. The fraction of sp³-hybridized carbons (Fsp3) is 0.308. The summed E-state index contributed by atoms with van der Waals surface area (Å²) in [5.74, 6) is 0.00122. The van der Waals surface area contributed by atoms with Gasteiger partial charge in [0.1, 0.15) is 11.6 Å². The molecule has 0 amide bonds. The molecule has 108 valence electrons. The summed E-state index contributed by atoms with van der Waals surface area (Å²) in [4.78, 5) is 6.72. The normalized spacial score (nSPS) is 11.6. The number of anilines is 1. The number of aromatic amines is 1. The second-order valence-electron chi connectivity index (χ2n) is 4.17. The summed E-state index contributed by atoms with van der Waals surface area (Å²) in [5.41, 5.74) is 0.0302. The number of hydrogen-bond acceptors (Lipinski definition) is 3. The van der Waals surface area contributed by atoms with Gasteiger partial charge < -0.3 is 4.98 Å². The van der Waals surface area contributed by atoms with Gasteiger partial charge in [-0.2, -0.15) is 8.42 Å². The van der Waals surface area contributed by atoms with Crippen molar-refractivity contribution in [3.05, 3.63) is 42.1 Å². The molecule has 1 aromatic carbocycles. The van der Waals surface area contributed by atoms with E-state index in [4.69, 9.17) is 0 Å². The van der Waals surface area contributed by atoms with Crippen LogP contribution in [0.4, 0.5) is 10.1 Å². The number of para-hydroxylation sites is 1. The summed E-state index contributed by atoms with van der Waals surface area (Å²) >= 11 is 0. The molecule has 0 bridgehead atoms. The zero-order valence-corrected chi connectivity index (χ0v) is 12.1. The summed E-state index contributed by atoms with van der Waals surface area (Å²) in [6.45, 7) is 3.65. The lowest BCUT2D eigenvalue weighted by atomic mass is 10.3. The van der Waals surface area contributed by atoms with E-state index in [-0.39, 0.29) is 17.3 Å². The monoisotopic (exact) mass is 297 g/mol. The van der Waals surface area contributed by atoms with Gasteiger partial charge in [-0.1, -0.05) is 19.1 Å². The number of aromatic nitrogens is 2. The average molecular weight is 297 g/mol. The summed E-state index contributed by atoms with van der Waals surface area (Å²) < 4.78 is 39.9. The highest BCUT2D eigenvalue weighted by Gasteiger charge is 2.27. The lowest BCUT2D eigenvalue weighted by Crippen LogP contribution is -2.31. The van der Waals surface area contributed by atoms with Crippen LogP contribution in [0.3, 0.4) is 0 Å². The highest BCUT2D eigenvalue weighted by atomic mass is 32.2. The Morgan fingerprint density at radius 2 is 2.00 bits per heavy atom. The molecule has 0 saturated carbocycles. The van der Waals surface area contributed by atoms with Crippen molar-refractivity contribution in [2.75, 3.05) is 10.8 Å². The highest BCUT2D eigenvalue weighted by molar-refractivity contribution is 7.92. The number of nitrogens with one attached hydrogen (secondary N) is 1. The Balaban J connectivity index is 2.48. The van der Waals surface area contributed by atoms with Gasteiger partial charge in [-0.25, -0.2) is 9.37 Å². The molecule has 7 heteroatoms. The fourth-order valence-corrected chi connectivity index (χ4v) is 3.31. The third kappa shape index (κ3) is 2.53. The number of aryl methyl sites for hydroxylation is 1. The molecule has 0 saturated heterocycles. The summed E-state index contributed by atoms with van der Waals surface area (Å²) in [5, 5.41) is -0.0283. The minimum absolute atomic E-state index is 0.0283. The molecule has 20 heavy (non-hydrogen) atoms. The van der Waals surface area contributed by atoms with Crippen LogP contribution in [-0.2, 0) is 16.4 Å². The smallest absolute Gasteiger partial charge is 0.281 e. The molecule has 0 fully saturated rings. The van der Waals surface area contributed by atoms with Crippen LogP contribution in [0.15, 0.2) is 35.5 Å². The molecular formula is C13H16FN3O2S.